The molecule has 0 aromatic rings. The van der Waals surface area contributed by atoms with Crippen LogP contribution in [0.15, 0.2) is 0 Å². The predicted octanol–water partition coefficient (Wildman–Crippen LogP) is 14.3. The Kier molecular flexibility index (Phi) is 40.3. The fourth-order valence-corrected chi connectivity index (χ4v) is 7.55. The molecule has 53 heavy (non-hydrogen) atoms. The van der Waals surface area contributed by atoms with Gasteiger partial charge in [-0.05, 0) is 25.7 Å². The molecule has 6 heteroatoms. The van der Waals surface area contributed by atoms with Crippen LogP contribution in [0, 0.1) is 0 Å². The van der Waals surface area contributed by atoms with Gasteiger partial charge < -0.3 is 15.3 Å². The Morgan fingerprint density at radius 2 is 0.698 bits per heavy atom. The largest absolute Gasteiger partial charge is 0.480 e. The Hall–Kier alpha value is -1.59. The van der Waals surface area contributed by atoms with E-state index >= 15 is 0 Å². The minimum Gasteiger partial charge on any atom is -0.480 e. The topological polar surface area (TPSA) is 86.7 Å². The molecule has 0 saturated carbocycles. The third-order valence-corrected chi connectivity index (χ3v) is 11.2. The lowest BCUT2D eigenvalue weighted by Gasteiger charge is -2.24. The highest BCUT2D eigenvalue weighted by Gasteiger charge is 2.22. The van der Waals surface area contributed by atoms with Crippen LogP contribution in [0.1, 0.15) is 265 Å². The molecule has 0 bridgehead atoms. The number of hydrogen-bond acceptors (Lipinski definition) is 3. The minimum atomic E-state index is -1.04. The van der Waals surface area contributed by atoms with Crippen molar-refractivity contribution in [3.8, 4) is 0 Å². The highest BCUT2D eigenvalue weighted by atomic mass is 16.4. The lowest BCUT2D eigenvalue weighted by Crippen LogP contribution is -2.42. The summed E-state index contributed by atoms with van der Waals surface area (Å²) in [5, 5.41) is 12.6. The molecule has 0 aliphatic heterocycles. The number of carbonyl (C=O) groups excluding carboxylic acids is 2. The van der Waals surface area contributed by atoms with Crippen LogP contribution in [-0.2, 0) is 14.4 Å². The van der Waals surface area contributed by atoms with Gasteiger partial charge in [0.15, 0.2) is 0 Å². The van der Waals surface area contributed by atoms with Crippen LogP contribution in [0.4, 0.5) is 0 Å². The molecule has 2 N–H and O–H groups in total. The summed E-state index contributed by atoms with van der Waals surface area (Å²) in [5.74, 6) is -1.20. The summed E-state index contributed by atoms with van der Waals surface area (Å²) < 4.78 is 0. The molecule has 0 saturated heterocycles. The van der Waals surface area contributed by atoms with Gasteiger partial charge in [-0.15, -0.1) is 0 Å². The summed E-state index contributed by atoms with van der Waals surface area (Å²) in [6, 6.07) is -1.00. The molecule has 0 aliphatic rings. The van der Waals surface area contributed by atoms with Crippen molar-refractivity contribution in [1.29, 1.82) is 0 Å². The zero-order chi connectivity index (χ0) is 38.9. The molecule has 0 aromatic carbocycles. The Morgan fingerprint density at radius 3 is 1.00 bits per heavy atom. The number of carbonyl (C=O) groups is 3. The van der Waals surface area contributed by atoms with Crippen molar-refractivity contribution in [2.75, 3.05) is 13.1 Å². The van der Waals surface area contributed by atoms with Crippen LogP contribution in [0.5, 0.6) is 0 Å². The van der Waals surface area contributed by atoms with E-state index < -0.39 is 12.0 Å². The van der Waals surface area contributed by atoms with E-state index in [9.17, 15) is 19.5 Å². The van der Waals surface area contributed by atoms with Crippen LogP contribution < -0.4 is 5.32 Å². The molecule has 0 fully saturated rings. The van der Waals surface area contributed by atoms with E-state index in [1.54, 1.807) is 0 Å². The summed E-state index contributed by atoms with van der Waals surface area (Å²) in [7, 11) is 0. The van der Waals surface area contributed by atoms with E-state index in [1.807, 2.05) is 4.90 Å². The first kappa shape index (κ1) is 51.4. The normalized spacial score (nSPS) is 11.9. The second kappa shape index (κ2) is 41.6. The molecular weight excluding hydrogens is 657 g/mol. The second-order valence-corrected chi connectivity index (χ2v) is 16.4. The van der Waals surface area contributed by atoms with Gasteiger partial charge in [-0.25, -0.2) is 4.79 Å². The van der Waals surface area contributed by atoms with E-state index in [1.165, 1.54) is 180 Å². The van der Waals surface area contributed by atoms with Gasteiger partial charge in [-0.3, -0.25) is 9.59 Å². The van der Waals surface area contributed by atoms with Crippen LogP contribution in [0.3, 0.4) is 0 Å². The molecule has 1 atom stereocenters. The summed E-state index contributed by atoms with van der Waals surface area (Å²) in [6.07, 6.45) is 45.1. The molecule has 0 radical (unpaired) electrons. The number of carboxylic acids is 1. The van der Waals surface area contributed by atoms with Gasteiger partial charge in [-0.1, -0.05) is 226 Å². The molecule has 0 rings (SSSR count). The zero-order valence-corrected chi connectivity index (χ0v) is 36.0. The minimum absolute atomic E-state index is 0.0414. The Bertz CT molecular complexity index is 779. The monoisotopic (exact) mass is 749 g/mol. The number of nitrogens with zero attached hydrogens (tertiary/aromatic N) is 1. The summed E-state index contributed by atoms with van der Waals surface area (Å²) in [6.45, 7) is 8.31. The number of aliphatic carboxylic acids is 1. The number of rotatable bonds is 43. The summed E-state index contributed by atoms with van der Waals surface area (Å²) in [4.78, 5) is 40.0. The molecule has 0 aromatic heterocycles. The van der Waals surface area contributed by atoms with E-state index in [2.05, 4.69) is 26.1 Å². The molecule has 0 spiro atoms. The van der Waals surface area contributed by atoms with Gasteiger partial charge in [0.05, 0.1) is 0 Å². The molecule has 6 nitrogen and oxygen atoms in total. The van der Waals surface area contributed by atoms with Crippen LogP contribution in [0.2, 0.25) is 0 Å². The molecule has 0 aliphatic carbocycles. The van der Waals surface area contributed by atoms with Crippen LogP contribution >= 0.6 is 0 Å². The fraction of sp³-hybridized carbons (Fsp3) is 0.936. The van der Waals surface area contributed by atoms with Gasteiger partial charge in [0.2, 0.25) is 11.8 Å². The van der Waals surface area contributed by atoms with Crippen LogP contribution in [0.25, 0.3) is 0 Å². The zero-order valence-electron chi connectivity index (χ0n) is 36.0. The highest BCUT2D eigenvalue weighted by molar-refractivity contribution is 5.84. The number of unbranched alkanes of at least 4 members (excludes halogenated alkanes) is 32. The van der Waals surface area contributed by atoms with Crippen molar-refractivity contribution in [1.82, 2.24) is 10.2 Å². The summed E-state index contributed by atoms with van der Waals surface area (Å²) in [5.41, 5.74) is 0. The van der Waals surface area contributed by atoms with Gasteiger partial charge in [0.1, 0.15) is 6.04 Å². The first-order valence-corrected chi connectivity index (χ1v) is 23.8. The van der Waals surface area contributed by atoms with E-state index in [0.717, 1.165) is 58.0 Å². The molecule has 0 heterocycles. The predicted molar refractivity (Wildman–Crippen MR) is 229 cm³/mol. The Morgan fingerprint density at radius 1 is 0.415 bits per heavy atom. The molecule has 314 valence electrons. The Labute approximate surface area is 330 Å². The third kappa shape index (κ3) is 37.1. The Balaban J connectivity index is 4.39. The number of nitrogens with one attached hydrogen (secondary N) is 1. The first-order chi connectivity index (χ1) is 26.0. The van der Waals surface area contributed by atoms with Crippen molar-refractivity contribution in [2.45, 2.75) is 271 Å². The summed E-state index contributed by atoms with van der Waals surface area (Å²) >= 11 is 0. The molecular formula is C47H92N2O4. The fourth-order valence-electron chi connectivity index (χ4n) is 7.55. The number of amides is 2. The van der Waals surface area contributed by atoms with Crippen molar-refractivity contribution < 1.29 is 19.5 Å². The van der Waals surface area contributed by atoms with E-state index in [0.29, 0.717) is 6.42 Å². The van der Waals surface area contributed by atoms with Crippen molar-refractivity contribution in [2.24, 2.45) is 0 Å². The molecule has 0 unspecified atom stereocenters. The van der Waals surface area contributed by atoms with Gasteiger partial charge in [0, 0.05) is 25.9 Å². The maximum absolute atomic E-state index is 13.4. The smallest absolute Gasteiger partial charge is 0.326 e. The maximum atomic E-state index is 13.4. The van der Waals surface area contributed by atoms with Crippen molar-refractivity contribution in [3.05, 3.63) is 0 Å². The standard InChI is InChI=1S/C47H92N2O4/c1-4-7-10-13-16-19-22-23-24-25-26-27-30-33-36-39-45(50)48-44(47(52)53)40-41-46(51)49(42-37-34-31-28-20-17-14-11-8-5-2)43-38-35-32-29-21-18-15-12-9-6-3/h44H,4-43H2,1-3H3,(H,48,50)(H,52,53)/t44-/m0/s1. The van der Waals surface area contributed by atoms with Crippen molar-refractivity contribution >= 4 is 17.8 Å². The average Bonchev–Trinajstić information content (AvgIpc) is 3.15. The first-order valence-electron chi connectivity index (χ1n) is 23.8. The van der Waals surface area contributed by atoms with Gasteiger partial charge in [-0.2, -0.15) is 0 Å². The number of hydrogen-bond donors (Lipinski definition) is 2. The van der Waals surface area contributed by atoms with Gasteiger partial charge >= 0.3 is 5.97 Å². The van der Waals surface area contributed by atoms with E-state index in [4.69, 9.17) is 0 Å². The lowest BCUT2D eigenvalue weighted by molar-refractivity contribution is -0.142. The highest BCUT2D eigenvalue weighted by Crippen LogP contribution is 2.16. The maximum Gasteiger partial charge on any atom is 0.326 e. The third-order valence-electron chi connectivity index (χ3n) is 11.2. The van der Waals surface area contributed by atoms with E-state index in [-0.39, 0.29) is 24.7 Å². The average molecular weight is 749 g/mol. The quantitative estimate of drug-likeness (QED) is 0.0608. The second-order valence-electron chi connectivity index (χ2n) is 16.4. The van der Waals surface area contributed by atoms with Crippen LogP contribution in [-0.4, -0.2) is 46.9 Å². The molecule has 2 amide bonds. The SMILES string of the molecule is CCCCCCCCCCCCCCCCCC(=O)N[C@@H](CCC(=O)N(CCCCCCCCCCCC)CCCCCCCCCCCC)C(=O)O. The van der Waals surface area contributed by atoms with Crippen molar-refractivity contribution in [3.63, 3.8) is 0 Å². The lowest BCUT2D eigenvalue weighted by atomic mass is 10.0. The van der Waals surface area contributed by atoms with Gasteiger partial charge in [0.25, 0.3) is 0 Å². The number of carboxylic acid groups (broad SMARTS) is 1.